The summed E-state index contributed by atoms with van der Waals surface area (Å²) in [6.07, 6.45) is 1.46. The zero-order valence-electron chi connectivity index (χ0n) is 12.2. The van der Waals surface area contributed by atoms with E-state index < -0.39 is 11.7 Å². The molecule has 0 N–H and O–H groups in total. The summed E-state index contributed by atoms with van der Waals surface area (Å²) >= 11 is 1.50. The Morgan fingerprint density at radius 1 is 1.45 bits per heavy atom. The molecule has 1 amide bonds. The summed E-state index contributed by atoms with van der Waals surface area (Å²) in [5.74, 6) is 0.0423. The molecule has 0 aromatic carbocycles. The van der Waals surface area contributed by atoms with Crippen LogP contribution in [0.5, 0.6) is 0 Å². The molecule has 4 nitrogen and oxygen atoms in total. The van der Waals surface area contributed by atoms with E-state index in [1.807, 2.05) is 45.2 Å². The SMILES string of the molecule is CC1CC(=O)C=C(c2cccs2)N1C(=O)OC(C)(C)C. The predicted octanol–water partition coefficient (Wildman–Crippen LogP) is 3.69. The Hall–Kier alpha value is -1.62. The van der Waals surface area contributed by atoms with E-state index in [2.05, 4.69) is 0 Å². The second-order valence-electron chi connectivity index (χ2n) is 5.88. The number of nitrogens with zero attached hydrogens (tertiary/aromatic N) is 1. The number of carbonyl (C=O) groups is 2. The molecule has 5 heteroatoms. The monoisotopic (exact) mass is 293 g/mol. The van der Waals surface area contributed by atoms with Crippen LogP contribution < -0.4 is 0 Å². The Labute approximate surface area is 123 Å². The van der Waals surface area contributed by atoms with E-state index in [4.69, 9.17) is 4.74 Å². The van der Waals surface area contributed by atoms with Crippen LogP contribution in [0.1, 0.15) is 39.0 Å². The summed E-state index contributed by atoms with van der Waals surface area (Å²) in [5, 5.41) is 1.92. The first-order chi connectivity index (χ1) is 9.28. The van der Waals surface area contributed by atoms with E-state index in [-0.39, 0.29) is 11.8 Å². The topological polar surface area (TPSA) is 46.6 Å². The van der Waals surface area contributed by atoms with Gasteiger partial charge in [-0.1, -0.05) is 6.07 Å². The number of ether oxygens (including phenoxy) is 1. The zero-order valence-corrected chi connectivity index (χ0v) is 13.0. The molecule has 0 saturated carbocycles. The Morgan fingerprint density at radius 3 is 2.70 bits per heavy atom. The highest BCUT2D eigenvalue weighted by Gasteiger charge is 2.34. The zero-order chi connectivity index (χ0) is 14.9. The molecule has 0 spiro atoms. The van der Waals surface area contributed by atoms with E-state index in [0.717, 1.165) is 4.88 Å². The van der Waals surface area contributed by atoms with Gasteiger partial charge in [0.2, 0.25) is 0 Å². The van der Waals surface area contributed by atoms with Gasteiger partial charge in [-0.15, -0.1) is 11.3 Å². The molecule has 108 valence electrons. The molecule has 0 aliphatic carbocycles. The van der Waals surface area contributed by atoms with E-state index in [1.54, 1.807) is 4.90 Å². The number of carbonyl (C=O) groups excluding carboxylic acids is 2. The number of allylic oxidation sites excluding steroid dienone is 1. The van der Waals surface area contributed by atoms with Crippen LogP contribution in [-0.2, 0) is 9.53 Å². The molecule has 2 heterocycles. The van der Waals surface area contributed by atoms with E-state index >= 15 is 0 Å². The van der Waals surface area contributed by atoms with Gasteiger partial charge < -0.3 is 4.74 Å². The van der Waals surface area contributed by atoms with Crippen LogP contribution in [0.25, 0.3) is 5.70 Å². The van der Waals surface area contributed by atoms with Crippen molar-refractivity contribution in [3.05, 3.63) is 28.5 Å². The molecule has 1 aromatic heterocycles. The lowest BCUT2D eigenvalue weighted by molar-refractivity contribution is -0.115. The minimum atomic E-state index is -0.557. The molecule has 20 heavy (non-hydrogen) atoms. The number of rotatable bonds is 1. The van der Waals surface area contributed by atoms with E-state index in [9.17, 15) is 9.59 Å². The van der Waals surface area contributed by atoms with Crippen LogP contribution in [0.3, 0.4) is 0 Å². The molecule has 0 saturated heterocycles. The quantitative estimate of drug-likeness (QED) is 0.793. The van der Waals surface area contributed by atoms with Crippen LogP contribution in [0.15, 0.2) is 23.6 Å². The van der Waals surface area contributed by atoms with Crippen LogP contribution in [0.2, 0.25) is 0 Å². The van der Waals surface area contributed by atoms with Crippen LogP contribution in [0, 0.1) is 0 Å². The minimum absolute atomic E-state index is 0.0423. The standard InChI is InChI=1S/C15H19NO3S/c1-10-8-11(17)9-12(13-6-5-7-20-13)16(10)14(18)19-15(2,3)4/h5-7,9-10H,8H2,1-4H3. The fraction of sp³-hybridized carbons (Fsp3) is 0.467. The molecule has 1 unspecified atom stereocenters. The third kappa shape index (κ3) is 3.28. The molecule has 1 atom stereocenters. The van der Waals surface area contributed by atoms with Gasteiger partial charge in [0.05, 0.1) is 10.6 Å². The first-order valence-corrected chi connectivity index (χ1v) is 7.46. The largest absolute Gasteiger partial charge is 0.443 e. The lowest BCUT2D eigenvalue weighted by Crippen LogP contribution is -2.43. The van der Waals surface area contributed by atoms with Crippen LogP contribution >= 0.6 is 11.3 Å². The lowest BCUT2D eigenvalue weighted by Gasteiger charge is -2.34. The molecule has 1 aromatic rings. The van der Waals surface area contributed by atoms with Crippen molar-refractivity contribution in [2.45, 2.75) is 45.8 Å². The highest BCUT2D eigenvalue weighted by Crippen LogP contribution is 2.31. The van der Waals surface area contributed by atoms with Crippen molar-refractivity contribution < 1.29 is 14.3 Å². The lowest BCUT2D eigenvalue weighted by atomic mass is 10.0. The maximum absolute atomic E-state index is 12.4. The smallest absolute Gasteiger partial charge is 0.415 e. The number of amides is 1. The average molecular weight is 293 g/mol. The van der Waals surface area contributed by atoms with Gasteiger partial charge in [0, 0.05) is 18.5 Å². The number of ketones is 1. The van der Waals surface area contributed by atoms with Gasteiger partial charge in [0.25, 0.3) is 0 Å². The molecule has 0 bridgehead atoms. The highest BCUT2D eigenvalue weighted by atomic mass is 32.1. The second kappa shape index (κ2) is 5.40. The highest BCUT2D eigenvalue weighted by molar-refractivity contribution is 7.11. The van der Waals surface area contributed by atoms with Gasteiger partial charge >= 0.3 is 6.09 Å². The molecular weight excluding hydrogens is 274 g/mol. The average Bonchev–Trinajstić information content (AvgIpc) is 2.77. The Morgan fingerprint density at radius 2 is 2.15 bits per heavy atom. The van der Waals surface area contributed by atoms with Gasteiger partial charge in [-0.2, -0.15) is 0 Å². The summed E-state index contributed by atoms with van der Waals surface area (Å²) in [4.78, 5) is 26.7. The third-order valence-corrected chi connectivity index (χ3v) is 3.75. The molecule has 0 radical (unpaired) electrons. The molecule has 1 aliphatic rings. The van der Waals surface area contributed by atoms with Crippen molar-refractivity contribution in [3.63, 3.8) is 0 Å². The van der Waals surface area contributed by atoms with Crippen molar-refractivity contribution in [1.29, 1.82) is 0 Å². The van der Waals surface area contributed by atoms with Crippen molar-refractivity contribution in [2.24, 2.45) is 0 Å². The van der Waals surface area contributed by atoms with Gasteiger partial charge in [0.15, 0.2) is 5.78 Å². The van der Waals surface area contributed by atoms with Gasteiger partial charge in [0.1, 0.15) is 5.60 Å². The maximum Gasteiger partial charge on any atom is 0.415 e. The minimum Gasteiger partial charge on any atom is -0.443 e. The predicted molar refractivity (Wildman–Crippen MR) is 79.5 cm³/mol. The first kappa shape index (κ1) is 14.8. The van der Waals surface area contributed by atoms with Gasteiger partial charge in [-0.25, -0.2) is 4.79 Å². The Balaban J connectivity index is 2.35. The van der Waals surface area contributed by atoms with E-state index in [1.165, 1.54) is 17.4 Å². The van der Waals surface area contributed by atoms with Crippen molar-refractivity contribution >= 4 is 28.9 Å². The van der Waals surface area contributed by atoms with Crippen molar-refractivity contribution in [3.8, 4) is 0 Å². The Bertz CT molecular complexity index is 540. The Kier molecular flexibility index (Phi) is 3.99. The number of hydrogen-bond acceptors (Lipinski definition) is 4. The number of thiophene rings is 1. The fourth-order valence-corrected chi connectivity index (χ4v) is 2.84. The van der Waals surface area contributed by atoms with Crippen molar-refractivity contribution in [1.82, 2.24) is 4.90 Å². The van der Waals surface area contributed by atoms with Crippen LogP contribution in [0.4, 0.5) is 4.79 Å². The summed E-state index contributed by atoms with van der Waals surface area (Å²) in [7, 11) is 0. The normalized spacial score (nSPS) is 19.8. The molecule has 0 fully saturated rings. The van der Waals surface area contributed by atoms with Crippen molar-refractivity contribution in [2.75, 3.05) is 0 Å². The molecule has 1 aliphatic heterocycles. The van der Waals surface area contributed by atoms with Gasteiger partial charge in [-0.3, -0.25) is 9.69 Å². The first-order valence-electron chi connectivity index (χ1n) is 6.58. The summed E-state index contributed by atoms with van der Waals surface area (Å²) in [6, 6.07) is 3.61. The van der Waals surface area contributed by atoms with Gasteiger partial charge in [-0.05, 0) is 39.1 Å². The number of hydrogen-bond donors (Lipinski definition) is 0. The van der Waals surface area contributed by atoms with Crippen LogP contribution in [-0.4, -0.2) is 28.4 Å². The summed E-state index contributed by atoms with van der Waals surface area (Å²) in [5.41, 5.74) is 0.0803. The summed E-state index contributed by atoms with van der Waals surface area (Å²) in [6.45, 7) is 7.36. The summed E-state index contributed by atoms with van der Waals surface area (Å²) < 4.78 is 5.45. The molecular formula is C15H19NO3S. The second-order valence-corrected chi connectivity index (χ2v) is 6.82. The van der Waals surface area contributed by atoms with E-state index in [0.29, 0.717) is 12.1 Å². The molecule has 2 rings (SSSR count). The third-order valence-electron chi connectivity index (χ3n) is 2.86. The maximum atomic E-state index is 12.4. The fourth-order valence-electron chi connectivity index (χ4n) is 2.10.